The van der Waals surface area contributed by atoms with Gasteiger partial charge in [-0.25, -0.2) is 4.98 Å². The summed E-state index contributed by atoms with van der Waals surface area (Å²) >= 11 is 1.45. The van der Waals surface area contributed by atoms with Crippen LogP contribution in [0.4, 0.5) is 0 Å². The number of nitrogens with one attached hydrogen (secondary N) is 2. The van der Waals surface area contributed by atoms with Gasteiger partial charge in [-0.05, 0) is 31.4 Å². The zero-order chi connectivity index (χ0) is 17.9. The molecule has 1 unspecified atom stereocenters. The van der Waals surface area contributed by atoms with Gasteiger partial charge in [-0.15, -0.1) is 11.3 Å². The second-order valence-corrected chi connectivity index (χ2v) is 8.57. The number of piperidine rings is 1. The number of amides is 1. The maximum atomic E-state index is 12.0. The lowest BCUT2D eigenvalue weighted by atomic mass is 9.92. The van der Waals surface area contributed by atoms with Gasteiger partial charge in [-0.3, -0.25) is 14.8 Å². The van der Waals surface area contributed by atoms with Crippen molar-refractivity contribution in [3.05, 3.63) is 34.0 Å². The maximum absolute atomic E-state index is 12.0. The minimum Gasteiger partial charge on any atom is -0.350 e. The summed E-state index contributed by atoms with van der Waals surface area (Å²) in [5.41, 5.74) is 4.54. The number of carbonyl (C=O) groups is 1. The number of carbonyl (C=O) groups excluding carboxylic acids is 1. The van der Waals surface area contributed by atoms with Crippen LogP contribution in [0.2, 0.25) is 0 Å². The Hall–Kier alpha value is -1.73. The average molecular weight is 362 g/mol. The van der Waals surface area contributed by atoms with Crippen LogP contribution in [-0.2, 0) is 12.0 Å². The maximum Gasteiger partial charge on any atom is 0.270 e. The number of hydrogen-bond acceptors (Lipinski definition) is 5. The highest BCUT2D eigenvalue weighted by atomic mass is 32.1. The SMILES string of the molecule is CC(C)(C)c1cc(CN2CCCC(CNC(=O)c3cscn3)C2)[nH]n1. The molecule has 1 atom stereocenters. The molecular formula is C18H27N5OS. The Bertz CT molecular complexity index is 689. The van der Waals surface area contributed by atoms with Crippen molar-refractivity contribution in [2.24, 2.45) is 5.92 Å². The number of aromatic amines is 1. The Kier molecular flexibility index (Phi) is 5.54. The molecule has 0 spiro atoms. The van der Waals surface area contributed by atoms with Crippen LogP contribution in [0.1, 0.15) is 55.5 Å². The van der Waals surface area contributed by atoms with Crippen molar-refractivity contribution in [1.29, 1.82) is 0 Å². The van der Waals surface area contributed by atoms with Gasteiger partial charge in [-0.1, -0.05) is 20.8 Å². The van der Waals surface area contributed by atoms with E-state index in [-0.39, 0.29) is 11.3 Å². The predicted molar refractivity (Wildman–Crippen MR) is 99.7 cm³/mol. The average Bonchev–Trinajstić information content (AvgIpc) is 3.24. The van der Waals surface area contributed by atoms with Gasteiger partial charge in [0, 0.05) is 36.1 Å². The molecule has 0 radical (unpaired) electrons. The summed E-state index contributed by atoms with van der Waals surface area (Å²) in [6, 6.07) is 2.17. The molecule has 2 aromatic heterocycles. The summed E-state index contributed by atoms with van der Waals surface area (Å²) in [4.78, 5) is 18.5. The highest BCUT2D eigenvalue weighted by molar-refractivity contribution is 7.07. The van der Waals surface area contributed by atoms with Crippen molar-refractivity contribution in [3.63, 3.8) is 0 Å². The Balaban J connectivity index is 1.49. The van der Waals surface area contributed by atoms with Crippen LogP contribution in [0.15, 0.2) is 17.0 Å². The molecule has 7 heteroatoms. The molecular weight excluding hydrogens is 334 g/mol. The van der Waals surface area contributed by atoms with Crippen molar-refractivity contribution in [2.75, 3.05) is 19.6 Å². The van der Waals surface area contributed by atoms with Gasteiger partial charge in [0.15, 0.2) is 0 Å². The minimum absolute atomic E-state index is 0.0678. The molecule has 3 rings (SSSR count). The van der Waals surface area contributed by atoms with Crippen LogP contribution < -0.4 is 5.32 Å². The standard InChI is InChI=1S/C18H27N5OS/c1-18(2,3)16-7-14(21-22-16)10-23-6-4-5-13(9-23)8-19-17(24)15-11-25-12-20-15/h7,11-13H,4-6,8-10H2,1-3H3,(H,19,24)(H,21,22). The van der Waals surface area contributed by atoms with Crippen LogP contribution in [0.25, 0.3) is 0 Å². The van der Waals surface area contributed by atoms with Crippen molar-refractivity contribution < 1.29 is 4.79 Å². The Morgan fingerprint density at radius 1 is 1.48 bits per heavy atom. The van der Waals surface area contributed by atoms with Gasteiger partial charge in [0.2, 0.25) is 0 Å². The van der Waals surface area contributed by atoms with E-state index in [0.717, 1.165) is 43.9 Å². The molecule has 1 saturated heterocycles. The van der Waals surface area contributed by atoms with E-state index >= 15 is 0 Å². The minimum atomic E-state index is -0.0678. The first kappa shape index (κ1) is 18.1. The smallest absolute Gasteiger partial charge is 0.270 e. The van der Waals surface area contributed by atoms with Crippen LogP contribution in [-0.4, -0.2) is 45.6 Å². The number of H-pyrrole nitrogens is 1. The molecule has 25 heavy (non-hydrogen) atoms. The van der Waals surface area contributed by atoms with E-state index in [1.807, 2.05) is 0 Å². The third-order valence-electron chi connectivity index (χ3n) is 4.61. The summed E-state index contributed by atoms with van der Waals surface area (Å²) in [6.45, 7) is 10.2. The summed E-state index contributed by atoms with van der Waals surface area (Å²) in [5.74, 6) is 0.420. The van der Waals surface area contributed by atoms with E-state index in [1.54, 1.807) is 10.9 Å². The second-order valence-electron chi connectivity index (χ2n) is 7.86. The summed E-state index contributed by atoms with van der Waals surface area (Å²) < 4.78 is 0. The zero-order valence-electron chi connectivity index (χ0n) is 15.2. The van der Waals surface area contributed by atoms with Crippen molar-refractivity contribution in [2.45, 2.75) is 45.6 Å². The summed E-state index contributed by atoms with van der Waals surface area (Å²) in [6.07, 6.45) is 2.32. The zero-order valence-corrected chi connectivity index (χ0v) is 16.0. The Morgan fingerprint density at radius 3 is 3.00 bits per heavy atom. The first-order valence-corrected chi connectivity index (χ1v) is 9.79. The number of thiazole rings is 1. The lowest BCUT2D eigenvalue weighted by Crippen LogP contribution is -2.40. The number of nitrogens with zero attached hydrogens (tertiary/aromatic N) is 3. The first-order chi connectivity index (χ1) is 11.9. The van der Waals surface area contributed by atoms with Gasteiger partial charge in [0.25, 0.3) is 5.91 Å². The Morgan fingerprint density at radius 2 is 2.32 bits per heavy atom. The third kappa shape index (κ3) is 4.89. The van der Waals surface area contributed by atoms with Gasteiger partial charge in [0.05, 0.1) is 11.2 Å². The fourth-order valence-corrected chi connectivity index (χ4v) is 3.71. The van der Waals surface area contributed by atoms with Gasteiger partial charge in [-0.2, -0.15) is 5.10 Å². The fourth-order valence-electron chi connectivity index (χ4n) is 3.18. The van der Waals surface area contributed by atoms with E-state index in [4.69, 9.17) is 0 Å². The monoisotopic (exact) mass is 361 g/mol. The quantitative estimate of drug-likeness (QED) is 0.859. The van der Waals surface area contributed by atoms with Gasteiger partial charge < -0.3 is 5.32 Å². The van der Waals surface area contributed by atoms with Crippen molar-refractivity contribution >= 4 is 17.2 Å². The number of rotatable bonds is 5. The first-order valence-electron chi connectivity index (χ1n) is 8.85. The largest absolute Gasteiger partial charge is 0.350 e. The molecule has 2 N–H and O–H groups in total. The molecule has 6 nitrogen and oxygen atoms in total. The molecule has 1 aliphatic rings. The third-order valence-corrected chi connectivity index (χ3v) is 5.20. The van der Waals surface area contributed by atoms with E-state index in [1.165, 1.54) is 11.3 Å². The molecule has 1 aliphatic heterocycles. The van der Waals surface area contributed by atoms with E-state index in [2.05, 4.69) is 52.2 Å². The van der Waals surface area contributed by atoms with Crippen LogP contribution in [0.5, 0.6) is 0 Å². The number of hydrogen-bond donors (Lipinski definition) is 2. The van der Waals surface area contributed by atoms with E-state index in [0.29, 0.717) is 18.2 Å². The lowest BCUT2D eigenvalue weighted by Gasteiger charge is -2.32. The van der Waals surface area contributed by atoms with Crippen LogP contribution >= 0.6 is 11.3 Å². The molecule has 1 amide bonds. The predicted octanol–water partition coefficient (Wildman–Crippen LogP) is 2.81. The molecule has 0 bridgehead atoms. The highest BCUT2D eigenvalue weighted by Gasteiger charge is 2.23. The number of likely N-dealkylation sites (tertiary alicyclic amines) is 1. The highest BCUT2D eigenvalue weighted by Crippen LogP contribution is 2.22. The van der Waals surface area contributed by atoms with Gasteiger partial charge >= 0.3 is 0 Å². The fraction of sp³-hybridized carbons (Fsp3) is 0.611. The molecule has 1 fully saturated rings. The molecule has 0 saturated carbocycles. The van der Waals surface area contributed by atoms with E-state index < -0.39 is 0 Å². The molecule has 136 valence electrons. The topological polar surface area (TPSA) is 73.9 Å². The molecule has 0 aromatic carbocycles. The summed E-state index contributed by atoms with van der Waals surface area (Å²) in [5, 5.41) is 12.4. The molecule has 2 aromatic rings. The molecule has 0 aliphatic carbocycles. The normalized spacial score (nSPS) is 19.1. The van der Waals surface area contributed by atoms with Crippen LogP contribution in [0, 0.1) is 5.92 Å². The molecule has 3 heterocycles. The lowest BCUT2D eigenvalue weighted by molar-refractivity contribution is 0.0926. The van der Waals surface area contributed by atoms with E-state index in [9.17, 15) is 4.79 Å². The second kappa shape index (κ2) is 7.66. The van der Waals surface area contributed by atoms with Gasteiger partial charge in [0.1, 0.15) is 5.69 Å². The van der Waals surface area contributed by atoms with Crippen molar-refractivity contribution in [1.82, 2.24) is 25.4 Å². The van der Waals surface area contributed by atoms with Crippen molar-refractivity contribution in [3.8, 4) is 0 Å². The summed E-state index contributed by atoms with van der Waals surface area (Å²) in [7, 11) is 0. The number of aromatic nitrogens is 3. The van der Waals surface area contributed by atoms with Crippen LogP contribution in [0.3, 0.4) is 0 Å². The Labute approximate surface area is 153 Å².